The normalized spacial score (nSPS) is 11.9. The number of aromatic nitrogens is 1. The van der Waals surface area contributed by atoms with Gasteiger partial charge in [-0.05, 0) is 12.1 Å². The van der Waals surface area contributed by atoms with Gasteiger partial charge in [-0.25, -0.2) is 9.37 Å². The highest BCUT2D eigenvalue weighted by Gasteiger charge is 2.18. The average Bonchev–Trinajstić information content (AvgIpc) is 2.88. The standard InChI is InChI=1S/C12H12FN3O3S/c1-19-9-4-6(13)2-3-7(9)15-12-16-8(5-20-12)10(14)11(17)18/h2-5,10H,14H2,1H3,(H,15,16)(H,17,18). The summed E-state index contributed by atoms with van der Waals surface area (Å²) in [5.74, 6) is -1.24. The maximum Gasteiger partial charge on any atom is 0.326 e. The topological polar surface area (TPSA) is 97.5 Å². The molecule has 8 heteroatoms. The molecule has 1 heterocycles. The quantitative estimate of drug-likeness (QED) is 0.782. The molecule has 0 fully saturated rings. The molecule has 4 N–H and O–H groups in total. The summed E-state index contributed by atoms with van der Waals surface area (Å²) in [5, 5.41) is 13.7. The maximum absolute atomic E-state index is 13.1. The highest BCUT2D eigenvalue weighted by molar-refractivity contribution is 7.13. The molecule has 6 nitrogen and oxygen atoms in total. The molecular weight excluding hydrogens is 285 g/mol. The average molecular weight is 297 g/mol. The van der Waals surface area contributed by atoms with Crippen LogP contribution < -0.4 is 15.8 Å². The Bertz CT molecular complexity index is 632. The smallest absolute Gasteiger partial charge is 0.326 e. The number of halogens is 1. The monoisotopic (exact) mass is 297 g/mol. The second-order valence-corrected chi connectivity index (χ2v) is 4.72. The van der Waals surface area contributed by atoms with Crippen LogP contribution in [-0.4, -0.2) is 23.2 Å². The zero-order valence-electron chi connectivity index (χ0n) is 10.5. The van der Waals surface area contributed by atoms with E-state index in [9.17, 15) is 9.18 Å². The fourth-order valence-electron chi connectivity index (χ4n) is 1.50. The lowest BCUT2D eigenvalue weighted by Gasteiger charge is -2.08. The molecule has 0 aliphatic carbocycles. The molecule has 1 aromatic heterocycles. The fourth-order valence-corrected chi connectivity index (χ4v) is 2.26. The van der Waals surface area contributed by atoms with Crippen molar-refractivity contribution >= 4 is 28.1 Å². The van der Waals surface area contributed by atoms with Gasteiger partial charge in [-0.1, -0.05) is 0 Å². The summed E-state index contributed by atoms with van der Waals surface area (Å²) in [6, 6.07) is 2.85. The summed E-state index contributed by atoms with van der Waals surface area (Å²) >= 11 is 1.20. The van der Waals surface area contributed by atoms with Crippen LogP contribution in [0.2, 0.25) is 0 Å². The minimum absolute atomic E-state index is 0.256. The zero-order chi connectivity index (χ0) is 14.7. The number of benzene rings is 1. The van der Waals surface area contributed by atoms with Gasteiger partial charge in [0.15, 0.2) is 5.13 Å². The molecule has 0 amide bonds. The van der Waals surface area contributed by atoms with Crippen molar-refractivity contribution in [3.8, 4) is 5.75 Å². The van der Waals surface area contributed by atoms with Gasteiger partial charge < -0.3 is 20.9 Å². The van der Waals surface area contributed by atoms with Gasteiger partial charge in [0.1, 0.15) is 17.6 Å². The first-order valence-electron chi connectivity index (χ1n) is 5.55. The lowest BCUT2D eigenvalue weighted by Crippen LogP contribution is -2.20. The van der Waals surface area contributed by atoms with Crippen LogP contribution in [0.15, 0.2) is 23.6 Å². The summed E-state index contributed by atoms with van der Waals surface area (Å²) in [7, 11) is 1.42. The second kappa shape index (κ2) is 5.85. The molecule has 0 spiro atoms. The summed E-state index contributed by atoms with van der Waals surface area (Å²) in [6.07, 6.45) is 0. The number of hydrogen-bond donors (Lipinski definition) is 3. The predicted molar refractivity (Wildman–Crippen MR) is 72.9 cm³/mol. The third-order valence-corrected chi connectivity index (χ3v) is 3.29. The largest absolute Gasteiger partial charge is 0.494 e. The number of rotatable bonds is 5. The number of nitrogens with two attached hydrogens (primary N) is 1. The van der Waals surface area contributed by atoms with Crippen molar-refractivity contribution in [3.63, 3.8) is 0 Å². The van der Waals surface area contributed by atoms with Crippen LogP contribution in [-0.2, 0) is 4.79 Å². The van der Waals surface area contributed by atoms with Crippen molar-refractivity contribution in [1.82, 2.24) is 4.98 Å². The van der Waals surface area contributed by atoms with Crippen molar-refractivity contribution in [3.05, 3.63) is 35.1 Å². The number of carboxylic acid groups (broad SMARTS) is 1. The molecule has 0 saturated heterocycles. The Morgan fingerprint density at radius 2 is 2.35 bits per heavy atom. The van der Waals surface area contributed by atoms with E-state index in [2.05, 4.69) is 10.3 Å². The van der Waals surface area contributed by atoms with Gasteiger partial charge in [-0.2, -0.15) is 0 Å². The highest BCUT2D eigenvalue weighted by atomic mass is 32.1. The van der Waals surface area contributed by atoms with Crippen molar-refractivity contribution in [2.75, 3.05) is 12.4 Å². The number of nitrogens with zero attached hydrogens (tertiary/aromatic N) is 1. The minimum atomic E-state index is -1.17. The number of carbonyl (C=O) groups is 1. The van der Waals surface area contributed by atoms with E-state index in [4.69, 9.17) is 15.6 Å². The third-order valence-electron chi connectivity index (χ3n) is 2.51. The number of ether oxygens (including phenoxy) is 1. The Hall–Kier alpha value is -2.19. The van der Waals surface area contributed by atoms with Crippen molar-refractivity contribution in [1.29, 1.82) is 0 Å². The van der Waals surface area contributed by atoms with E-state index in [-0.39, 0.29) is 5.69 Å². The Labute approximate surface area is 118 Å². The van der Waals surface area contributed by atoms with E-state index in [0.717, 1.165) is 0 Å². The molecule has 0 saturated carbocycles. The van der Waals surface area contributed by atoms with Gasteiger partial charge in [0, 0.05) is 11.4 Å². The number of methoxy groups -OCH3 is 1. The molecular formula is C12H12FN3O3S. The van der Waals surface area contributed by atoms with Gasteiger partial charge in [0.2, 0.25) is 0 Å². The number of nitrogens with one attached hydrogen (secondary N) is 1. The molecule has 0 aliphatic heterocycles. The van der Waals surface area contributed by atoms with Gasteiger partial charge in [0.25, 0.3) is 0 Å². The lowest BCUT2D eigenvalue weighted by molar-refractivity contribution is -0.138. The van der Waals surface area contributed by atoms with Gasteiger partial charge >= 0.3 is 5.97 Å². The molecule has 2 rings (SSSR count). The van der Waals surface area contributed by atoms with E-state index in [1.54, 1.807) is 5.38 Å². The van der Waals surface area contributed by atoms with Crippen LogP contribution in [0.1, 0.15) is 11.7 Å². The zero-order valence-corrected chi connectivity index (χ0v) is 11.3. The van der Waals surface area contributed by atoms with Crippen molar-refractivity contribution < 1.29 is 19.0 Å². The van der Waals surface area contributed by atoms with Gasteiger partial charge in [-0.15, -0.1) is 11.3 Å². The number of hydrogen-bond acceptors (Lipinski definition) is 6. The highest BCUT2D eigenvalue weighted by Crippen LogP contribution is 2.30. The number of anilines is 2. The summed E-state index contributed by atoms with van der Waals surface area (Å²) < 4.78 is 18.1. The molecule has 0 aliphatic rings. The Kier molecular flexibility index (Phi) is 4.16. The summed E-state index contributed by atoms with van der Waals surface area (Å²) in [4.78, 5) is 14.8. The summed E-state index contributed by atoms with van der Waals surface area (Å²) in [6.45, 7) is 0. The van der Waals surface area contributed by atoms with E-state index >= 15 is 0 Å². The fraction of sp³-hybridized carbons (Fsp3) is 0.167. The van der Waals surface area contributed by atoms with Crippen LogP contribution in [0.4, 0.5) is 15.2 Å². The molecule has 0 radical (unpaired) electrons. The molecule has 1 aromatic carbocycles. The molecule has 1 atom stereocenters. The first-order valence-corrected chi connectivity index (χ1v) is 6.43. The molecule has 1 unspecified atom stereocenters. The SMILES string of the molecule is COc1cc(F)ccc1Nc1nc(C(N)C(=O)O)cs1. The number of aliphatic carboxylic acids is 1. The van der Waals surface area contributed by atoms with E-state index in [1.165, 1.54) is 36.6 Å². The maximum atomic E-state index is 13.1. The molecule has 106 valence electrons. The number of thiazole rings is 1. The van der Waals surface area contributed by atoms with Crippen LogP contribution in [0, 0.1) is 5.82 Å². The van der Waals surface area contributed by atoms with Crippen LogP contribution in [0.5, 0.6) is 5.75 Å². The molecule has 20 heavy (non-hydrogen) atoms. The van der Waals surface area contributed by atoms with E-state index < -0.39 is 17.8 Å². The number of carboxylic acids is 1. The Morgan fingerprint density at radius 1 is 1.60 bits per heavy atom. The van der Waals surface area contributed by atoms with Crippen LogP contribution in [0.3, 0.4) is 0 Å². The van der Waals surface area contributed by atoms with Crippen LogP contribution >= 0.6 is 11.3 Å². The minimum Gasteiger partial charge on any atom is -0.494 e. The molecule has 2 aromatic rings. The predicted octanol–water partition coefficient (Wildman–Crippen LogP) is 2.12. The first-order chi connectivity index (χ1) is 9.51. The lowest BCUT2D eigenvalue weighted by atomic mass is 10.2. The van der Waals surface area contributed by atoms with Crippen LogP contribution in [0.25, 0.3) is 0 Å². The van der Waals surface area contributed by atoms with Crippen molar-refractivity contribution in [2.45, 2.75) is 6.04 Å². The Morgan fingerprint density at radius 3 is 3.00 bits per heavy atom. The van der Waals surface area contributed by atoms with E-state index in [0.29, 0.717) is 16.6 Å². The van der Waals surface area contributed by atoms with E-state index in [1.807, 2.05) is 0 Å². The van der Waals surface area contributed by atoms with Crippen molar-refractivity contribution in [2.24, 2.45) is 5.73 Å². The first kappa shape index (κ1) is 14.2. The Balaban J connectivity index is 2.21. The van der Waals surface area contributed by atoms with Gasteiger partial charge in [0.05, 0.1) is 18.5 Å². The third kappa shape index (κ3) is 3.03. The van der Waals surface area contributed by atoms with Gasteiger partial charge in [-0.3, -0.25) is 4.79 Å². The summed E-state index contributed by atoms with van der Waals surface area (Å²) in [5.41, 5.74) is 6.25. The second-order valence-electron chi connectivity index (χ2n) is 3.86. The molecule has 0 bridgehead atoms.